The summed E-state index contributed by atoms with van der Waals surface area (Å²) < 4.78 is 61.8. The van der Waals surface area contributed by atoms with Crippen molar-refractivity contribution in [2.45, 2.75) is 84.1 Å². The maximum atomic E-state index is 14.2. The van der Waals surface area contributed by atoms with E-state index in [2.05, 4.69) is 24.1 Å². The van der Waals surface area contributed by atoms with Gasteiger partial charge in [-0.1, -0.05) is 6.07 Å². The summed E-state index contributed by atoms with van der Waals surface area (Å²) in [5, 5.41) is 3.24. The van der Waals surface area contributed by atoms with Crippen LogP contribution in [0.25, 0.3) is 5.69 Å². The van der Waals surface area contributed by atoms with Gasteiger partial charge in [0.15, 0.2) is 0 Å². The number of alkyl halides is 3. The quantitative estimate of drug-likeness (QED) is 0.282. The lowest BCUT2D eigenvalue weighted by molar-refractivity contribution is -0.140. The van der Waals surface area contributed by atoms with Crippen molar-refractivity contribution in [1.29, 1.82) is 0 Å². The normalized spacial score (nSPS) is 16.5. The van der Waals surface area contributed by atoms with Gasteiger partial charge in [-0.15, -0.1) is 0 Å². The van der Waals surface area contributed by atoms with Crippen LogP contribution in [0.3, 0.4) is 0 Å². The Labute approximate surface area is 266 Å². The summed E-state index contributed by atoms with van der Waals surface area (Å²) in [4.78, 5) is 37.2. The molecular formula is C34H41F4N5O3. The number of anilines is 1. The average Bonchev–Trinajstić information content (AvgIpc) is 3.02. The molecule has 0 aliphatic carbocycles. The lowest BCUT2D eigenvalue weighted by atomic mass is 9.98. The van der Waals surface area contributed by atoms with Gasteiger partial charge < -0.3 is 19.9 Å². The van der Waals surface area contributed by atoms with Crippen LogP contribution >= 0.6 is 0 Å². The second kappa shape index (κ2) is 13.8. The van der Waals surface area contributed by atoms with Crippen LogP contribution in [-0.4, -0.2) is 63.6 Å². The van der Waals surface area contributed by atoms with Crippen molar-refractivity contribution >= 4 is 11.7 Å². The van der Waals surface area contributed by atoms with Crippen LogP contribution in [0.15, 0.2) is 47.3 Å². The van der Waals surface area contributed by atoms with Gasteiger partial charge in [-0.3, -0.25) is 14.2 Å². The first kappa shape index (κ1) is 33.4. The summed E-state index contributed by atoms with van der Waals surface area (Å²) in [7, 11) is 0. The minimum atomic E-state index is -4.90. The van der Waals surface area contributed by atoms with Gasteiger partial charge in [0.25, 0.3) is 5.56 Å². The highest BCUT2D eigenvalue weighted by Gasteiger charge is 2.37. The monoisotopic (exact) mass is 643 g/mol. The highest BCUT2D eigenvalue weighted by Crippen LogP contribution is 2.34. The van der Waals surface area contributed by atoms with Crippen LogP contribution in [0.4, 0.5) is 23.4 Å². The summed E-state index contributed by atoms with van der Waals surface area (Å²) in [6.07, 6.45) is -2.65. The lowest BCUT2D eigenvalue weighted by Gasteiger charge is -2.43. The van der Waals surface area contributed by atoms with E-state index in [1.807, 2.05) is 6.92 Å². The highest BCUT2D eigenvalue weighted by molar-refractivity contribution is 5.79. The predicted molar refractivity (Wildman–Crippen MR) is 168 cm³/mol. The zero-order chi connectivity index (χ0) is 33.2. The number of fused-ring (bicyclic) bond motifs is 1. The van der Waals surface area contributed by atoms with Crippen LogP contribution in [0, 0.1) is 5.82 Å². The van der Waals surface area contributed by atoms with Crippen molar-refractivity contribution in [2.24, 2.45) is 0 Å². The number of amides is 1. The third-order valence-electron chi connectivity index (χ3n) is 8.90. The minimum absolute atomic E-state index is 0.0551. The number of ether oxygens (including phenoxy) is 1. The molecule has 1 N–H and O–H groups in total. The Morgan fingerprint density at radius 1 is 1.11 bits per heavy atom. The molecule has 0 radical (unpaired) electrons. The van der Waals surface area contributed by atoms with Crippen LogP contribution in [0.2, 0.25) is 0 Å². The Balaban J connectivity index is 1.58. The molecule has 5 rings (SSSR count). The standard InChI is InChI=1S/C34H41F4N5O3/c1-5-46-26-11-9-24(10-12-26)43-32(40-31-27(33(43)45)7-6-16-39-31)22(4)42(25-14-17-41(18-15-25)21(2)3)30(44)20-23-8-13-29(35)28(19-23)34(36,37)38/h8-13,19,21-22,25,39H,5-7,14-18,20H2,1-4H3/t22-/m0/s1. The second-order valence-corrected chi connectivity index (χ2v) is 12.2. The number of hydrogen-bond acceptors (Lipinski definition) is 6. The predicted octanol–water partition coefficient (Wildman–Crippen LogP) is 6.15. The number of benzene rings is 2. The van der Waals surface area contributed by atoms with Crippen LogP contribution < -0.4 is 15.6 Å². The van der Waals surface area contributed by atoms with Crippen molar-refractivity contribution in [1.82, 2.24) is 19.4 Å². The Bertz CT molecular complexity index is 1600. The van der Waals surface area contributed by atoms with Gasteiger partial charge >= 0.3 is 6.18 Å². The van der Waals surface area contributed by atoms with Crippen LogP contribution in [-0.2, 0) is 23.8 Å². The van der Waals surface area contributed by atoms with E-state index in [0.717, 1.165) is 25.6 Å². The number of hydrogen-bond donors (Lipinski definition) is 1. The second-order valence-electron chi connectivity index (χ2n) is 12.2. The first-order chi connectivity index (χ1) is 21.9. The smallest absolute Gasteiger partial charge is 0.419 e. The summed E-state index contributed by atoms with van der Waals surface area (Å²) in [6.45, 7) is 10.5. The van der Waals surface area contributed by atoms with Crippen molar-refractivity contribution in [3.05, 3.63) is 81.2 Å². The Hall–Kier alpha value is -3.93. The van der Waals surface area contributed by atoms with E-state index in [4.69, 9.17) is 9.72 Å². The molecule has 2 aromatic carbocycles. The van der Waals surface area contributed by atoms with Crippen molar-refractivity contribution in [2.75, 3.05) is 31.6 Å². The molecule has 0 bridgehead atoms. The molecule has 248 valence electrons. The average molecular weight is 644 g/mol. The fourth-order valence-corrected chi connectivity index (χ4v) is 6.51. The molecule has 0 saturated carbocycles. The lowest BCUT2D eigenvalue weighted by Crippen LogP contribution is -2.51. The van der Waals surface area contributed by atoms with Crippen LogP contribution in [0.5, 0.6) is 5.75 Å². The van der Waals surface area contributed by atoms with Crippen molar-refractivity contribution in [3.8, 4) is 11.4 Å². The van der Waals surface area contributed by atoms with E-state index in [-0.39, 0.29) is 23.6 Å². The number of nitrogens with one attached hydrogen (secondary N) is 1. The molecule has 0 unspecified atom stereocenters. The van der Waals surface area contributed by atoms with Gasteiger partial charge in [0.2, 0.25) is 5.91 Å². The summed E-state index contributed by atoms with van der Waals surface area (Å²) >= 11 is 0. The third kappa shape index (κ3) is 7.06. The molecule has 1 atom stereocenters. The zero-order valence-corrected chi connectivity index (χ0v) is 26.7. The Morgan fingerprint density at radius 2 is 1.80 bits per heavy atom. The molecule has 3 heterocycles. The number of carbonyl (C=O) groups is 1. The fourth-order valence-electron chi connectivity index (χ4n) is 6.51. The molecule has 1 fully saturated rings. The number of nitrogens with zero attached hydrogens (tertiary/aromatic N) is 4. The number of rotatable bonds is 9. The SMILES string of the molecule is CCOc1ccc(-n2c([C@H](C)N(C(=O)Cc3ccc(F)c(C(F)(F)F)c3)C3CCN(C(C)C)CC3)nc3c(c2=O)CCCN3)cc1. The maximum Gasteiger partial charge on any atom is 0.419 e. The van der Waals surface area contributed by atoms with E-state index >= 15 is 0 Å². The van der Waals surface area contributed by atoms with Crippen molar-refractivity contribution < 1.29 is 27.1 Å². The molecule has 2 aliphatic heterocycles. The van der Waals surface area contributed by atoms with Gasteiger partial charge in [-0.25, -0.2) is 9.37 Å². The summed E-state index contributed by atoms with van der Waals surface area (Å²) in [6, 6.07) is 9.10. The van der Waals surface area contributed by atoms with Gasteiger partial charge in [0.1, 0.15) is 23.2 Å². The molecule has 2 aliphatic rings. The fraction of sp³-hybridized carbons (Fsp3) is 0.500. The Kier molecular flexibility index (Phi) is 10.0. The summed E-state index contributed by atoms with van der Waals surface area (Å²) in [5.41, 5.74) is -0.468. The molecule has 0 spiro atoms. The molecule has 8 nitrogen and oxygen atoms in total. The van der Waals surface area contributed by atoms with E-state index < -0.39 is 29.5 Å². The largest absolute Gasteiger partial charge is 0.494 e. The molecular weight excluding hydrogens is 602 g/mol. The number of likely N-dealkylation sites (tertiary alicyclic amines) is 1. The molecule has 12 heteroatoms. The van der Waals surface area contributed by atoms with Gasteiger partial charge in [-0.05, 0) is 95.3 Å². The number of piperidine rings is 1. The molecule has 1 saturated heterocycles. The van der Waals surface area contributed by atoms with Crippen molar-refractivity contribution in [3.63, 3.8) is 0 Å². The zero-order valence-electron chi connectivity index (χ0n) is 26.7. The highest BCUT2D eigenvalue weighted by atomic mass is 19.4. The molecule has 3 aromatic rings. The first-order valence-corrected chi connectivity index (χ1v) is 15.9. The van der Waals surface area contributed by atoms with Gasteiger partial charge in [0.05, 0.1) is 35.9 Å². The molecule has 1 aromatic heterocycles. The molecule has 46 heavy (non-hydrogen) atoms. The first-order valence-electron chi connectivity index (χ1n) is 15.9. The minimum Gasteiger partial charge on any atom is -0.494 e. The molecule has 1 amide bonds. The van der Waals surface area contributed by atoms with E-state index in [0.29, 0.717) is 73.2 Å². The Morgan fingerprint density at radius 3 is 2.43 bits per heavy atom. The number of carbonyl (C=O) groups excluding carboxylic acids is 1. The van der Waals surface area contributed by atoms with E-state index in [1.54, 1.807) is 36.1 Å². The number of halogens is 4. The van der Waals surface area contributed by atoms with Gasteiger partial charge in [0, 0.05) is 31.7 Å². The third-order valence-corrected chi connectivity index (χ3v) is 8.90. The van der Waals surface area contributed by atoms with E-state index in [1.165, 1.54) is 10.6 Å². The maximum absolute atomic E-state index is 14.2. The topological polar surface area (TPSA) is 79.7 Å². The van der Waals surface area contributed by atoms with Crippen LogP contribution in [0.1, 0.15) is 75.5 Å². The number of aromatic nitrogens is 2. The summed E-state index contributed by atoms with van der Waals surface area (Å²) in [5.74, 6) is -0.339. The van der Waals surface area contributed by atoms with E-state index in [9.17, 15) is 27.2 Å². The van der Waals surface area contributed by atoms with Gasteiger partial charge in [-0.2, -0.15) is 13.2 Å².